The van der Waals surface area contributed by atoms with E-state index in [-0.39, 0.29) is 0 Å². The number of nitrogens with one attached hydrogen (secondary N) is 1. The van der Waals surface area contributed by atoms with E-state index in [9.17, 15) is 0 Å². The molecule has 0 fully saturated rings. The van der Waals surface area contributed by atoms with Crippen molar-refractivity contribution >= 4 is 0 Å². The van der Waals surface area contributed by atoms with Crippen LogP contribution in [0, 0.1) is 17.2 Å². The van der Waals surface area contributed by atoms with Gasteiger partial charge in [-0.15, -0.1) is 0 Å². The van der Waals surface area contributed by atoms with Crippen LogP contribution in [-0.2, 0) is 6.42 Å². The maximum atomic E-state index is 8.89. The first-order valence-electron chi connectivity index (χ1n) is 5.42. The Kier molecular flexibility index (Phi) is 4.86. The largest absolute Gasteiger partial charge is 0.316 e. The first-order chi connectivity index (χ1) is 7.24. The zero-order valence-electron chi connectivity index (χ0n) is 9.46. The molecule has 0 aromatic heterocycles. The van der Waals surface area contributed by atoms with Crippen molar-refractivity contribution in [1.29, 1.82) is 5.26 Å². The van der Waals surface area contributed by atoms with Gasteiger partial charge in [0.05, 0.1) is 11.6 Å². The maximum absolute atomic E-state index is 8.89. The number of benzene rings is 1. The van der Waals surface area contributed by atoms with Gasteiger partial charge in [0.1, 0.15) is 0 Å². The second kappa shape index (κ2) is 6.21. The van der Waals surface area contributed by atoms with Crippen molar-refractivity contribution in [2.75, 3.05) is 13.1 Å². The smallest absolute Gasteiger partial charge is 0.0994 e. The topological polar surface area (TPSA) is 35.8 Å². The van der Waals surface area contributed by atoms with Crippen LogP contribution in [0.5, 0.6) is 0 Å². The van der Waals surface area contributed by atoms with Crippen molar-refractivity contribution in [3.8, 4) is 6.07 Å². The van der Waals surface area contributed by atoms with Crippen molar-refractivity contribution in [1.82, 2.24) is 5.32 Å². The van der Waals surface area contributed by atoms with Crippen LogP contribution >= 0.6 is 0 Å². The molecule has 0 spiro atoms. The molecule has 0 radical (unpaired) electrons. The molecule has 1 rings (SSSR count). The Morgan fingerprint density at radius 1 is 1.33 bits per heavy atom. The molecular weight excluding hydrogens is 184 g/mol. The fraction of sp³-hybridized carbons (Fsp3) is 0.462. The Hall–Kier alpha value is -1.33. The second-order valence-electron chi connectivity index (χ2n) is 4.12. The van der Waals surface area contributed by atoms with Crippen LogP contribution in [-0.4, -0.2) is 13.1 Å². The van der Waals surface area contributed by atoms with Crippen LogP contribution in [0.3, 0.4) is 0 Å². The first kappa shape index (κ1) is 11.7. The van der Waals surface area contributed by atoms with E-state index in [2.05, 4.69) is 25.2 Å². The van der Waals surface area contributed by atoms with Crippen molar-refractivity contribution in [2.24, 2.45) is 5.92 Å². The number of nitrogens with zero attached hydrogens (tertiary/aromatic N) is 1. The standard InChI is InChI=1S/C13H18N2/c1-11(2)10-15-8-7-12-5-3-4-6-13(12)9-14/h3-6,11,15H,7-8,10H2,1-2H3. The van der Waals surface area contributed by atoms with E-state index in [1.165, 1.54) is 0 Å². The van der Waals surface area contributed by atoms with Crippen molar-refractivity contribution in [2.45, 2.75) is 20.3 Å². The van der Waals surface area contributed by atoms with Gasteiger partial charge >= 0.3 is 0 Å². The Bertz CT molecular complexity index is 337. The van der Waals surface area contributed by atoms with Crippen LogP contribution < -0.4 is 5.32 Å². The van der Waals surface area contributed by atoms with E-state index < -0.39 is 0 Å². The molecule has 0 atom stereocenters. The van der Waals surface area contributed by atoms with E-state index >= 15 is 0 Å². The number of rotatable bonds is 5. The highest BCUT2D eigenvalue weighted by Gasteiger charge is 2.00. The molecule has 0 saturated heterocycles. The minimum atomic E-state index is 0.677. The van der Waals surface area contributed by atoms with E-state index in [4.69, 9.17) is 5.26 Å². The van der Waals surface area contributed by atoms with Gasteiger partial charge in [0.25, 0.3) is 0 Å². The second-order valence-corrected chi connectivity index (χ2v) is 4.12. The van der Waals surface area contributed by atoms with Gasteiger partial charge in [-0.2, -0.15) is 5.26 Å². The molecule has 2 nitrogen and oxygen atoms in total. The highest BCUT2D eigenvalue weighted by molar-refractivity contribution is 5.37. The van der Waals surface area contributed by atoms with Crippen LogP contribution in [0.1, 0.15) is 25.0 Å². The van der Waals surface area contributed by atoms with Gasteiger partial charge < -0.3 is 5.32 Å². The highest BCUT2D eigenvalue weighted by atomic mass is 14.8. The Morgan fingerprint density at radius 3 is 2.73 bits per heavy atom. The molecule has 1 aromatic rings. The van der Waals surface area contributed by atoms with Gasteiger partial charge in [0, 0.05) is 0 Å². The quantitative estimate of drug-likeness (QED) is 0.744. The predicted molar refractivity (Wildman–Crippen MR) is 62.6 cm³/mol. The number of hydrogen-bond acceptors (Lipinski definition) is 2. The summed E-state index contributed by atoms with van der Waals surface area (Å²) in [6.45, 7) is 6.36. The van der Waals surface area contributed by atoms with Gasteiger partial charge in [-0.1, -0.05) is 32.0 Å². The van der Waals surface area contributed by atoms with Gasteiger partial charge in [0.15, 0.2) is 0 Å². The number of hydrogen-bond donors (Lipinski definition) is 1. The predicted octanol–water partition coefficient (Wildman–Crippen LogP) is 2.35. The zero-order valence-corrected chi connectivity index (χ0v) is 9.46. The van der Waals surface area contributed by atoms with Gasteiger partial charge in [-0.25, -0.2) is 0 Å². The van der Waals surface area contributed by atoms with Gasteiger partial charge in [0.2, 0.25) is 0 Å². The monoisotopic (exact) mass is 202 g/mol. The van der Waals surface area contributed by atoms with E-state index in [1.807, 2.05) is 24.3 Å². The molecule has 0 aliphatic heterocycles. The normalized spacial score (nSPS) is 10.3. The summed E-state index contributed by atoms with van der Waals surface area (Å²) in [6.07, 6.45) is 0.927. The van der Waals surface area contributed by atoms with E-state index in [1.54, 1.807) is 0 Å². The number of nitriles is 1. The highest BCUT2D eigenvalue weighted by Crippen LogP contribution is 2.07. The molecule has 0 aliphatic carbocycles. The van der Waals surface area contributed by atoms with Crippen LogP contribution in [0.2, 0.25) is 0 Å². The molecule has 0 aliphatic rings. The molecule has 0 amide bonds. The molecule has 15 heavy (non-hydrogen) atoms. The lowest BCUT2D eigenvalue weighted by Crippen LogP contribution is -2.22. The molecule has 0 saturated carbocycles. The first-order valence-corrected chi connectivity index (χ1v) is 5.42. The SMILES string of the molecule is CC(C)CNCCc1ccccc1C#N. The molecule has 1 N–H and O–H groups in total. The summed E-state index contributed by atoms with van der Waals surface area (Å²) < 4.78 is 0. The summed E-state index contributed by atoms with van der Waals surface area (Å²) in [7, 11) is 0. The van der Waals surface area contributed by atoms with Crippen LogP contribution in [0.15, 0.2) is 24.3 Å². The third-order valence-electron chi connectivity index (χ3n) is 2.26. The van der Waals surface area contributed by atoms with Crippen LogP contribution in [0.4, 0.5) is 0 Å². The summed E-state index contributed by atoms with van der Waals surface area (Å²) >= 11 is 0. The van der Waals surface area contributed by atoms with E-state index in [0.717, 1.165) is 30.6 Å². The minimum absolute atomic E-state index is 0.677. The Labute approximate surface area is 91.9 Å². The van der Waals surface area contributed by atoms with E-state index in [0.29, 0.717) is 5.92 Å². The lowest BCUT2D eigenvalue weighted by molar-refractivity contribution is 0.554. The zero-order chi connectivity index (χ0) is 11.1. The summed E-state index contributed by atoms with van der Waals surface area (Å²) in [5, 5.41) is 12.3. The summed E-state index contributed by atoms with van der Waals surface area (Å²) in [4.78, 5) is 0. The van der Waals surface area contributed by atoms with Crippen molar-refractivity contribution in [3.05, 3.63) is 35.4 Å². The maximum Gasteiger partial charge on any atom is 0.0994 e. The fourth-order valence-electron chi connectivity index (χ4n) is 1.46. The molecule has 80 valence electrons. The molecule has 0 heterocycles. The van der Waals surface area contributed by atoms with Crippen molar-refractivity contribution < 1.29 is 0 Å². The summed E-state index contributed by atoms with van der Waals surface area (Å²) in [5.74, 6) is 0.677. The summed E-state index contributed by atoms with van der Waals surface area (Å²) in [6, 6.07) is 10.0. The average molecular weight is 202 g/mol. The third-order valence-corrected chi connectivity index (χ3v) is 2.26. The average Bonchev–Trinajstić information content (AvgIpc) is 2.24. The summed E-state index contributed by atoms with van der Waals surface area (Å²) in [5.41, 5.74) is 1.93. The fourth-order valence-corrected chi connectivity index (χ4v) is 1.46. The lowest BCUT2D eigenvalue weighted by atomic mass is 10.1. The molecule has 0 unspecified atom stereocenters. The van der Waals surface area contributed by atoms with Gasteiger partial charge in [-0.05, 0) is 37.1 Å². The van der Waals surface area contributed by atoms with Crippen LogP contribution in [0.25, 0.3) is 0 Å². The Morgan fingerprint density at radius 2 is 2.07 bits per heavy atom. The van der Waals surface area contributed by atoms with Crippen molar-refractivity contribution in [3.63, 3.8) is 0 Å². The molecule has 2 heteroatoms. The Balaban J connectivity index is 2.41. The third kappa shape index (κ3) is 4.14. The molecule has 1 aromatic carbocycles. The van der Waals surface area contributed by atoms with Gasteiger partial charge in [-0.3, -0.25) is 0 Å². The molecule has 0 bridgehead atoms. The lowest BCUT2D eigenvalue weighted by Gasteiger charge is -2.07. The minimum Gasteiger partial charge on any atom is -0.316 e. The molecular formula is C13H18N2.